The number of hydrogen-bond donors (Lipinski definition) is 2. The van der Waals surface area contributed by atoms with Gasteiger partial charge in [-0.3, -0.25) is 19.7 Å². The highest BCUT2D eigenvalue weighted by atomic mass is 16.6. The topological polar surface area (TPSA) is 131 Å². The van der Waals surface area contributed by atoms with Gasteiger partial charge in [0.15, 0.2) is 5.69 Å². The molecule has 2 rings (SSSR count). The van der Waals surface area contributed by atoms with Crippen molar-refractivity contribution in [1.82, 2.24) is 10.3 Å². The van der Waals surface area contributed by atoms with E-state index < -0.39 is 22.6 Å². The Kier molecular flexibility index (Phi) is 5.18. The van der Waals surface area contributed by atoms with Crippen molar-refractivity contribution in [2.75, 3.05) is 5.32 Å². The normalized spacial score (nSPS) is 10.0. The maximum atomic E-state index is 12.2. The summed E-state index contributed by atoms with van der Waals surface area (Å²) in [5, 5.41) is 15.5. The van der Waals surface area contributed by atoms with E-state index in [9.17, 15) is 24.5 Å². The predicted octanol–water partition coefficient (Wildman–Crippen LogP) is 1.83. The highest BCUT2D eigenvalue weighted by Gasteiger charge is 2.18. The Hall–Kier alpha value is -3.62. The minimum atomic E-state index is -0.788. The molecule has 0 unspecified atom stereocenters. The second-order valence-electron chi connectivity index (χ2n) is 5.16. The largest absolute Gasteiger partial charge is 0.364 e. The van der Waals surface area contributed by atoms with Gasteiger partial charge in [-0.05, 0) is 34.2 Å². The molecule has 0 saturated carbocycles. The second kappa shape index (κ2) is 7.30. The number of imide groups is 1. The molecule has 0 saturated heterocycles. The summed E-state index contributed by atoms with van der Waals surface area (Å²) in [5.41, 5.74) is 0.785. The van der Waals surface area contributed by atoms with Crippen LogP contribution in [0.1, 0.15) is 33.3 Å². The molecule has 0 aliphatic carbocycles. The Labute approximate surface area is 142 Å². The van der Waals surface area contributed by atoms with E-state index in [4.69, 9.17) is 0 Å². The third-order valence-corrected chi connectivity index (χ3v) is 3.06. The van der Waals surface area contributed by atoms with Crippen LogP contribution in [0.4, 0.5) is 11.5 Å². The van der Waals surface area contributed by atoms with Crippen molar-refractivity contribution in [3.63, 3.8) is 0 Å². The summed E-state index contributed by atoms with van der Waals surface area (Å²) in [6, 6.07) is 8.34. The lowest BCUT2D eigenvalue weighted by atomic mass is 10.1. The van der Waals surface area contributed by atoms with Gasteiger partial charge in [0.05, 0.1) is 5.56 Å². The SMILES string of the molecule is CC(=O)Nc1cccc(C(=O)NC(=O)c2cc(C)nc([N+](=O)[O-])c2)c1. The number of aromatic nitrogens is 1. The highest BCUT2D eigenvalue weighted by molar-refractivity contribution is 6.10. The number of nitro groups is 1. The molecular weight excluding hydrogens is 328 g/mol. The number of benzene rings is 1. The molecular formula is C16H14N4O5. The summed E-state index contributed by atoms with van der Waals surface area (Å²) in [7, 11) is 0. The number of hydrogen-bond acceptors (Lipinski definition) is 6. The molecule has 0 atom stereocenters. The van der Waals surface area contributed by atoms with Crippen molar-refractivity contribution in [3.05, 3.63) is 63.3 Å². The van der Waals surface area contributed by atoms with Crippen molar-refractivity contribution in [2.45, 2.75) is 13.8 Å². The van der Waals surface area contributed by atoms with Gasteiger partial charge in [0.2, 0.25) is 5.91 Å². The standard InChI is InChI=1S/C16H14N4O5/c1-9-6-12(8-14(17-9)20(24)25)16(23)19-15(22)11-4-3-5-13(7-11)18-10(2)21/h3-8H,1-2H3,(H,18,21)(H,19,22,23). The van der Waals surface area contributed by atoms with Crippen LogP contribution in [0.25, 0.3) is 0 Å². The Bertz CT molecular complexity index is 879. The zero-order valence-electron chi connectivity index (χ0n) is 13.4. The van der Waals surface area contributed by atoms with Gasteiger partial charge < -0.3 is 15.4 Å². The van der Waals surface area contributed by atoms with Gasteiger partial charge in [0.1, 0.15) is 0 Å². The minimum absolute atomic E-state index is 0.0504. The summed E-state index contributed by atoms with van der Waals surface area (Å²) in [4.78, 5) is 49.2. The molecule has 25 heavy (non-hydrogen) atoms. The molecule has 1 aromatic heterocycles. The first-order valence-corrected chi connectivity index (χ1v) is 7.12. The second-order valence-corrected chi connectivity index (χ2v) is 5.16. The molecule has 0 radical (unpaired) electrons. The Morgan fingerprint density at radius 1 is 1.08 bits per heavy atom. The number of pyridine rings is 1. The lowest BCUT2D eigenvalue weighted by molar-refractivity contribution is -0.389. The molecule has 1 aromatic carbocycles. The molecule has 0 aliphatic rings. The fraction of sp³-hybridized carbons (Fsp3) is 0.125. The number of amides is 3. The smallest absolute Gasteiger partial charge is 0.358 e. The van der Waals surface area contributed by atoms with E-state index in [1.807, 2.05) is 0 Å². The molecule has 9 heteroatoms. The van der Waals surface area contributed by atoms with E-state index in [0.717, 1.165) is 6.07 Å². The van der Waals surface area contributed by atoms with Crippen LogP contribution >= 0.6 is 0 Å². The van der Waals surface area contributed by atoms with Crippen LogP contribution in [0.3, 0.4) is 0 Å². The first-order chi connectivity index (χ1) is 11.8. The van der Waals surface area contributed by atoms with Crippen molar-refractivity contribution in [3.8, 4) is 0 Å². The van der Waals surface area contributed by atoms with Crippen LogP contribution in [-0.2, 0) is 4.79 Å². The number of anilines is 1. The van der Waals surface area contributed by atoms with Gasteiger partial charge in [-0.1, -0.05) is 6.07 Å². The number of aryl methyl sites for hydroxylation is 1. The summed E-state index contributed by atoms with van der Waals surface area (Å²) in [6.45, 7) is 2.83. The molecule has 9 nitrogen and oxygen atoms in total. The van der Waals surface area contributed by atoms with Crippen LogP contribution < -0.4 is 10.6 Å². The average molecular weight is 342 g/mol. The zero-order chi connectivity index (χ0) is 18.6. The summed E-state index contributed by atoms with van der Waals surface area (Å²) < 4.78 is 0. The maximum Gasteiger partial charge on any atom is 0.364 e. The zero-order valence-corrected chi connectivity index (χ0v) is 13.4. The quantitative estimate of drug-likeness (QED) is 0.495. The number of carbonyl (C=O) groups excluding carboxylic acids is 3. The molecule has 0 spiro atoms. The molecule has 2 N–H and O–H groups in total. The fourth-order valence-corrected chi connectivity index (χ4v) is 2.06. The number of rotatable bonds is 4. The van der Waals surface area contributed by atoms with Crippen molar-refractivity contribution in [1.29, 1.82) is 0 Å². The molecule has 2 aromatic rings. The third kappa shape index (κ3) is 4.67. The molecule has 128 valence electrons. The van der Waals surface area contributed by atoms with Gasteiger partial charge >= 0.3 is 5.82 Å². The monoisotopic (exact) mass is 342 g/mol. The van der Waals surface area contributed by atoms with E-state index in [0.29, 0.717) is 5.69 Å². The van der Waals surface area contributed by atoms with E-state index in [-0.39, 0.29) is 22.7 Å². The molecule has 0 bridgehead atoms. The predicted molar refractivity (Wildman–Crippen MR) is 88.2 cm³/mol. The van der Waals surface area contributed by atoms with Gasteiger partial charge in [-0.2, -0.15) is 0 Å². The summed E-state index contributed by atoms with van der Waals surface area (Å²) in [5.74, 6) is -2.27. The Morgan fingerprint density at radius 2 is 1.76 bits per heavy atom. The average Bonchev–Trinajstić information content (AvgIpc) is 2.53. The van der Waals surface area contributed by atoms with Gasteiger partial charge in [0.25, 0.3) is 11.8 Å². The van der Waals surface area contributed by atoms with Crippen molar-refractivity contribution < 1.29 is 19.3 Å². The lowest BCUT2D eigenvalue weighted by Crippen LogP contribution is -2.30. The minimum Gasteiger partial charge on any atom is -0.358 e. The lowest BCUT2D eigenvalue weighted by Gasteiger charge is -2.07. The summed E-state index contributed by atoms with van der Waals surface area (Å²) >= 11 is 0. The molecule has 3 amide bonds. The van der Waals surface area contributed by atoms with E-state index in [1.165, 1.54) is 32.0 Å². The first-order valence-electron chi connectivity index (χ1n) is 7.12. The van der Waals surface area contributed by atoms with Crippen LogP contribution in [0, 0.1) is 17.0 Å². The van der Waals surface area contributed by atoms with Crippen LogP contribution in [-0.4, -0.2) is 27.6 Å². The van der Waals surface area contributed by atoms with E-state index >= 15 is 0 Å². The molecule has 1 heterocycles. The number of carbonyl (C=O) groups is 3. The first kappa shape index (κ1) is 17.7. The van der Waals surface area contributed by atoms with Crippen molar-refractivity contribution >= 4 is 29.2 Å². The fourth-order valence-electron chi connectivity index (χ4n) is 2.06. The van der Waals surface area contributed by atoms with E-state index in [1.54, 1.807) is 12.1 Å². The van der Waals surface area contributed by atoms with Gasteiger partial charge in [-0.25, -0.2) is 0 Å². The maximum absolute atomic E-state index is 12.2. The van der Waals surface area contributed by atoms with Crippen LogP contribution in [0.2, 0.25) is 0 Å². The van der Waals surface area contributed by atoms with Crippen LogP contribution in [0.5, 0.6) is 0 Å². The third-order valence-electron chi connectivity index (χ3n) is 3.06. The van der Waals surface area contributed by atoms with Crippen molar-refractivity contribution in [2.24, 2.45) is 0 Å². The number of nitrogens with zero attached hydrogens (tertiary/aromatic N) is 2. The molecule has 0 fully saturated rings. The Balaban J connectivity index is 2.19. The van der Waals surface area contributed by atoms with E-state index in [2.05, 4.69) is 15.6 Å². The Morgan fingerprint density at radius 3 is 2.40 bits per heavy atom. The number of nitrogens with one attached hydrogen (secondary N) is 2. The van der Waals surface area contributed by atoms with Crippen LogP contribution in [0.15, 0.2) is 36.4 Å². The summed E-state index contributed by atoms with van der Waals surface area (Å²) in [6.07, 6.45) is 0. The van der Waals surface area contributed by atoms with Gasteiger partial charge in [0, 0.05) is 31.2 Å². The van der Waals surface area contributed by atoms with Gasteiger partial charge in [-0.15, -0.1) is 0 Å². The molecule has 0 aliphatic heterocycles. The highest BCUT2D eigenvalue weighted by Crippen LogP contribution is 2.14.